The first kappa shape index (κ1) is 13.3. The van der Waals surface area contributed by atoms with Crippen LogP contribution in [0.25, 0.3) is 0 Å². The van der Waals surface area contributed by atoms with Gasteiger partial charge in [-0.3, -0.25) is 4.90 Å². The lowest BCUT2D eigenvalue weighted by Gasteiger charge is -2.56. The summed E-state index contributed by atoms with van der Waals surface area (Å²) in [6.45, 7) is 4.37. The topological polar surface area (TPSA) is 37.4 Å². The third kappa shape index (κ3) is 1.57. The van der Waals surface area contributed by atoms with Gasteiger partial charge in [0.1, 0.15) is 0 Å². The van der Waals surface area contributed by atoms with Crippen LogP contribution < -0.4 is 0 Å². The SMILES string of the molecule is C[N+]1(C)CCN([C@@H]2CS(=O)(=O)[C@]23C[C@H]2C=C[C@H]3C2)CC1. The summed E-state index contributed by atoms with van der Waals surface area (Å²) >= 11 is 0. The third-order valence-electron chi connectivity index (χ3n) is 6.33. The molecule has 2 bridgehead atoms. The van der Waals surface area contributed by atoms with Gasteiger partial charge < -0.3 is 4.48 Å². The van der Waals surface area contributed by atoms with Gasteiger partial charge >= 0.3 is 0 Å². The molecular weight excluding hydrogens is 272 g/mol. The molecule has 2 aliphatic heterocycles. The average molecular weight is 297 g/mol. The second-order valence-electron chi connectivity index (χ2n) is 7.86. The number of sulfone groups is 1. The molecule has 2 heterocycles. The molecule has 0 aromatic heterocycles. The van der Waals surface area contributed by atoms with Gasteiger partial charge in [-0.05, 0) is 24.7 Å². The van der Waals surface area contributed by atoms with Crippen molar-refractivity contribution in [2.24, 2.45) is 11.8 Å². The van der Waals surface area contributed by atoms with Gasteiger partial charge in [-0.1, -0.05) is 12.2 Å². The van der Waals surface area contributed by atoms with Crippen molar-refractivity contribution in [2.45, 2.75) is 23.6 Å². The Hall–Kier alpha value is -0.390. The van der Waals surface area contributed by atoms with Gasteiger partial charge in [0.05, 0.1) is 37.7 Å². The maximum Gasteiger partial charge on any atom is 0.159 e. The predicted molar refractivity (Wildman–Crippen MR) is 79.1 cm³/mol. The van der Waals surface area contributed by atoms with Crippen LogP contribution in [0.2, 0.25) is 0 Å². The lowest BCUT2D eigenvalue weighted by molar-refractivity contribution is -0.894. The highest BCUT2D eigenvalue weighted by atomic mass is 32.2. The van der Waals surface area contributed by atoms with Gasteiger partial charge in [0.15, 0.2) is 9.84 Å². The zero-order valence-electron chi connectivity index (χ0n) is 12.5. The molecule has 4 aliphatic rings. The molecule has 2 aliphatic carbocycles. The number of hydrogen-bond acceptors (Lipinski definition) is 3. The van der Waals surface area contributed by atoms with Crippen molar-refractivity contribution in [1.29, 1.82) is 0 Å². The Kier molecular flexibility index (Phi) is 2.57. The fourth-order valence-corrected chi connectivity index (χ4v) is 7.64. The first-order chi connectivity index (χ1) is 9.34. The summed E-state index contributed by atoms with van der Waals surface area (Å²) in [4.78, 5) is 2.49. The van der Waals surface area contributed by atoms with Crippen LogP contribution in [0.4, 0.5) is 0 Å². The quantitative estimate of drug-likeness (QED) is 0.523. The summed E-state index contributed by atoms with van der Waals surface area (Å²) in [5.74, 6) is 1.22. The highest BCUT2D eigenvalue weighted by molar-refractivity contribution is 7.94. The number of quaternary nitrogens is 1. The van der Waals surface area contributed by atoms with Crippen LogP contribution >= 0.6 is 0 Å². The molecule has 4 nitrogen and oxygen atoms in total. The molecule has 4 rings (SSSR count). The minimum atomic E-state index is -2.88. The molecule has 112 valence electrons. The smallest absolute Gasteiger partial charge is 0.159 e. The Bertz CT molecular complexity index is 558. The molecule has 20 heavy (non-hydrogen) atoms. The van der Waals surface area contributed by atoms with Crippen molar-refractivity contribution in [2.75, 3.05) is 46.0 Å². The van der Waals surface area contributed by atoms with E-state index in [1.165, 1.54) is 0 Å². The molecule has 4 atom stereocenters. The summed E-state index contributed by atoms with van der Waals surface area (Å²) < 4.78 is 25.7. The Balaban J connectivity index is 1.60. The molecule has 2 saturated heterocycles. The fraction of sp³-hybridized carbons (Fsp3) is 0.867. The molecule has 1 saturated carbocycles. The third-order valence-corrected chi connectivity index (χ3v) is 8.98. The first-order valence-corrected chi connectivity index (χ1v) is 9.46. The Morgan fingerprint density at radius 3 is 2.40 bits per heavy atom. The molecule has 0 radical (unpaired) electrons. The normalized spacial score (nSPS) is 48.6. The second kappa shape index (κ2) is 3.87. The summed E-state index contributed by atoms with van der Waals surface area (Å²) in [5, 5.41) is 0. The van der Waals surface area contributed by atoms with E-state index in [2.05, 4.69) is 31.1 Å². The number of likely N-dealkylation sites (N-methyl/N-ethyl adjacent to an activating group) is 1. The average Bonchev–Trinajstić information content (AvgIpc) is 2.98. The van der Waals surface area contributed by atoms with E-state index in [1.54, 1.807) is 0 Å². The second-order valence-corrected chi connectivity index (χ2v) is 10.2. The van der Waals surface area contributed by atoms with Crippen molar-refractivity contribution in [3.05, 3.63) is 12.2 Å². The van der Waals surface area contributed by atoms with Crippen LogP contribution in [-0.4, -0.2) is 74.6 Å². The van der Waals surface area contributed by atoms with E-state index in [9.17, 15) is 8.42 Å². The Labute approximate surface area is 121 Å². The molecule has 1 spiro atoms. The summed E-state index contributed by atoms with van der Waals surface area (Å²) in [5.41, 5.74) is 0. The fourth-order valence-electron chi connectivity index (χ4n) is 4.95. The molecule has 0 aromatic carbocycles. The lowest BCUT2D eigenvalue weighted by Crippen LogP contribution is -2.73. The molecule has 0 unspecified atom stereocenters. The Morgan fingerprint density at radius 2 is 1.90 bits per heavy atom. The Morgan fingerprint density at radius 1 is 1.20 bits per heavy atom. The minimum absolute atomic E-state index is 0.285. The highest BCUT2D eigenvalue weighted by Gasteiger charge is 2.69. The molecule has 0 amide bonds. The molecule has 0 N–H and O–H groups in total. The molecule has 5 heteroatoms. The van der Waals surface area contributed by atoms with Crippen LogP contribution in [0, 0.1) is 11.8 Å². The molecule has 3 fully saturated rings. The van der Waals surface area contributed by atoms with Gasteiger partial charge in [-0.2, -0.15) is 0 Å². The van der Waals surface area contributed by atoms with Gasteiger partial charge in [-0.25, -0.2) is 8.42 Å². The van der Waals surface area contributed by atoms with E-state index in [1.807, 2.05) is 0 Å². The number of rotatable bonds is 1. The maximum absolute atomic E-state index is 12.5. The zero-order chi connectivity index (χ0) is 14.2. The first-order valence-electron chi connectivity index (χ1n) is 7.81. The number of piperazine rings is 1. The molecular formula is C15H25N2O2S+. The van der Waals surface area contributed by atoms with Crippen LogP contribution in [0.5, 0.6) is 0 Å². The number of nitrogens with zero attached hydrogens (tertiary/aromatic N) is 2. The van der Waals surface area contributed by atoms with E-state index >= 15 is 0 Å². The monoisotopic (exact) mass is 297 g/mol. The number of allylic oxidation sites excluding steroid dienone is 2. The maximum atomic E-state index is 12.5. The van der Waals surface area contributed by atoms with E-state index in [-0.39, 0.29) is 6.04 Å². The van der Waals surface area contributed by atoms with Crippen LogP contribution in [0.15, 0.2) is 12.2 Å². The van der Waals surface area contributed by atoms with E-state index in [4.69, 9.17) is 0 Å². The van der Waals surface area contributed by atoms with Crippen molar-refractivity contribution >= 4 is 9.84 Å². The predicted octanol–water partition coefficient (Wildman–Crippen LogP) is 0.510. The minimum Gasteiger partial charge on any atom is -0.326 e. The van der Waals surface area contributed by atoms with Crippen LogP contribution in [0.3, 0.4) is 0 Å². The summed E-state index contributed by atoms with van der Waals surface area (Å²) in [6.07, 6.45) is 6.40. The van der Waals surface area contributed by atoms with Crippen LogP contribution in [0.1, 0.15) is 12.8 Å². The van der Waals surface area contributed by atoms with Gasteiger partial charge in [0, 0.05) is 19.1 Å². The van der Waals surface area contributed by atoms with Crippen molar-refractivity contribution in [1.82, 2.24) is 4.90 Å². The molecule has 0 aromatic rings. The van der Waals surface area contributed by atoms with Crippen molar-refractivity contribution in [3.8, 4) is 0 Å². The number of hydrogen-bond donors (Lipinski definition) is 0. The lowest BCUT2D eigenvalue weighted by atomic mass is 9.84. The van der Waals surface area contributed by atoms with Gasteiger partial charge in [-0.15, -0.1) is 0 Å². The van der Waals surface area contributed by atoms with Crippen LogP contribution in [-0.2, 0) is 9.84 Å². The van der Waals surface area contributed by atoms with Gasteiger partial charge in [0.2, 0.25) is 0 Å². The highest BCUT2D eigenvalue weighted by Crippen LogP contribution is 2.58. The van der Waals surface area contributed by atoms with E-state index in [0.29, 0.717) is 17.6 Å². The van der Waals surface area contributed by atoms with Gasteiger partial charge in [0.25, 0.3) is 0 Å². The zero-order valence-corrected chi connectivity index (χ0v) is 13.3. The number of fused-ring (bicyclic) bond motifs is 3. The standard InChI is InChI=1S/C15H25N2O2S/c1-17(2)7-5-16(6-8-17)14-11-20(18,19)15(14)10-12-3-4-13(15)9-12/h3-4,12-14H,5-11H2,1-2H3/q+1/t12-,13-,14+,15-/m0/s1. The van der Waals surface area contributed by atoms with Crippen molar-refractivity contribution < 1.29 is 12.9 Å². The summed E-state index contributed by atoms with van der Waals surface area (Å²) in [7, 11) is 1.66. The van der Waals surface area contributed by atoms with E-state index < -0.39 is 14.6 Å². The van der Waals surface area contributed by atoms with Crippen molar-refractivity contribution in [3.63, 3.8) is 0 Å². The van der Waals surface area contributed by atoms with E-state index in [0.717, 1.165) is 43.5 Å². The largest absolute Gasteiger partial charge is 0.326 e. The summed E-state index contributed by atoms with van der Waals surface area (Å²) in [6, 6.07) is 0.285.